The first-order valence-corrected chi connectivity index (χ1v) is 6.64. The molecule has 2 aromatic carbocycles. The number of aromatic nitrogens is 2. The normalized spacial score (nSPS) is 10.6. The van der Waals surface area contributed by atoms with Gasteiger partial charge in [0.1, 0.15) is 12.4 Å². The van der Waals surface area contributed by atoms with Crippen LogP contribution in [0, 0.1) is 5.82 Å². The van der Waals surface area contributed by atoms with Crippen LogP contribution in [0.1, 0.15) is 0 Å². The molecule has 3 aromatic rings. The van der Waals surface area contributed by atoms with Gasteiger partial charge in [0.05, 0.1) is 22.9 Å². The van der Waals surface area contributed by atoms with E-state index >= 15 is 0 Å². The Morgan fingerprint density at radius 2 is 1.86 bits per heavy atom. The van der Waals surface area contributed by atoms with E-state index in [9.17, 15) is 14.0 Å². The van der Waals surface area contributed by atoms with E-state index in [4.69, 9.17) is 0 Å². The lowest BCUT2D eigenvalue weighted by Crippen LogP contribution is -2.28. The van der Waals surface area contributed by atoms with E-state index in [2.05, 4.69) is 10.3 Å². The molecule has 1 heterocycles. The zero-order valence-corrected chi connectivity index (χ0v) is 11.5. The largest absolute Gasteiger partial charge is 0.322 e. The molecule has 3 rings (SSSR count). The number of halogens is 1. The predicted molar refractivity (Wildman–Crippen MR) is 81.0 cm³/mol. The van der Waals surface area contributed by atoms with E-state index in [1.807, 2.05) is 0 Å². The van der Waals surface area contributed by atoms with Crippen molar-refractivity contribution in [2.24, 2.45) is 0 Å². The number of nitrogens with zero attached hydrogens (tertiary/aromatic N) is 2. The lowest BCUT2D eigenvalue weighted by molar-refractivity contribution is -0.116. The van der Waals surface area contributed by atoms with Crippen LogP contribution in [0.2, 0.25) is 0 Å². The van der Waals surface area contributed by atoms with Crippen molar-refractivity contribution in [3.63, 3.8) is 0 Å². The van der Waals surface area contributed by atoms with Crippen LogP contribution in [0.4, 0.5) is 10.1 Å². The average molecular weight is 297 g/mol. The van der Waals surface area contributed by atoms with Gasteiger partial charge in [-0.2, -0.15) is 0 Å². The van der Waals surface area contributed by atoms with Crippen molar-refractivity contribution in [3.8, 4) is 0 Å². The third kappa shape index (κ3) is 2.71. The Balaban J connectivity index is 1.84. The Bertz CT molecular complexity index is 905. The van der Waals surface area contributed by atoms with Crippen LogP contribution in [0.15, 0.2) is 59.7 Å². The lowest BCUT2D eigenvalue weighted by Gasteiger charge is -2.08. The Morgan fingerprint density at radius 3 is 2.68 bits per heavy atom. The third-order valence-corrected chi connectivity index (χ3v) is 3.19. The number of carbonyl (C=O) groups excluding carboxylic acids is 1. The number of rotatable bonds is 3. The van der Waals surface area contributed by atoms with Gasteiger partial charge in [0.25, 0.3) is 5.56 Å². The van der Waals surface area contributed by atoms with Crippen molar-refractivity contribution in [2.75, 3.05) is 5.32 Å². The molecule has 0 fully saturated rings. The molecule has 0 radical (unpaired) electrons. The first-order chi connectivity index (χ1) is 10.6. The van der Waals surface area contributed by atoms with Crippen LogP contribution in [0.5, 0.6) is 0 Å². The molecule has 0 bridgehead atoms. The molecule has 0 spiro atoms. The Morgan fingerprint density at radius 1 is 1.14 bits per heavy atom. The molecule has 1 N–H and O–H groups in total. The molecular formula is C16H12FN3O2. The number of para-hydroxylation sites is 2. The SMILES string of the molecule is O=C(Cn1cnc2ccccc2c1=O)Nc1ccccc1F. The fourth-order valence-electron chi connectivity index (χ4n) is 2.13. The minimum Gasteiger partial charge on any atom is -0.322 e. The van der Waals surface area contributed by atoms with Crippen LogP contribution in [0.3, 0.4) is 0 Å². The summed E-state index contributed by atoms with van der Waals surface area (Å²) in [4.78, 5) is 28.3. The van der Waals surface area contributed by atoms with Gasteiger partial charge in [-0.25, -0.2) is 9.37 Å². The van der Waals surface area contributed by atoms with Crippen molar-refractivity contribution < 1.29 is 9.18 Å². The van der Waals surface area contributed by atoms with E-state index in [0.29, 0.717) is 10.9 Å². The van der Waals surface area contributed by atoms with Crippen LogP contribution < -0.4 is 10.9 Å². The standard InChI is InChI=1S/C16H12FN3O2/c17-12-6-2-4-8-14(12)19-15(21)9-20-10-18-13-7-3-1-5-11(13)16(20)22/h1-8,10H,9H2,(H,19,21). The summed E-state index contributed by atoms with van der Waals surface area (Å²) in [5, 5.41) is 2.87. The molecule has 0 aliphatic heterocycles. The predicted octanol–water partition coefficient (Wildman–Crippen LogP) is 2.17. The highest BCUT2D eigenvalue weighted by Crippen LogP contribution is 2.12. The molecule has 0 unspecified atom stereocenters. The molecule has 0 aliphatic carbocycles. The maximum absolute atomic E-state index is 13.5. The summed E-state index contributed by atoms with van der Waals surface area (Å²) >= 11 is 0. The summed E-state index contributed by atoms with van der Waals surface area (Å²) in [6.45, 7) is -0.231. The van der Waals surface area contributed by atoms with Crippen molar-refractivity contribution in [3.05, 3.63) is 71.0 Å². The molecule has 5 nitrogen and oxygen atoms in total. The minimum atomic E-state index is -0.528. The highest BCUT2D eigenvalue weighted by molar-refractivity contribution is 5.90. The number of carbonyl (C=O) groups is 1. The first-order valence-electron chi connectivity index (χ1n) is 6.64. The molecule has 0 saturated carbocycles. The molecule has 0 aliphatic rings. The second kappa shape index (κ2) is 5.77. The third-order valence-electron chi connectivity index (χ3n) is 3.19. The van der Waals surface area contributed by atoms with Gasteiger partial charge in [0.15, 0.2) is 0 Å². The maximum Gasteiger partial charge on any atom is 0.261 e. The van der Waals surface area contributed by atoms with Gasteiger partial charge in [-0.1, -0.05) is 24.3 Å². The van der Waals surface area contributed by atoms with E-state index in [1.54, 1.807) is 30.3 Å². The van der Waals surface area contributed by atoms with Gasteiger partial charge < -0.3 is 5.32 Å². The topological polar surface area (TPSA) is 64.0 Å². The van der Waals surface area contributed by atoms with Crippen molar-refractivity contribution in [1.82, 2.24) is 9.55 Å². The van der Waals surface area contributed by atoms with Crippen LogP contribution in [-0.4, -0.2) is 15.5 Å². The fourth-order valence-corrected chi connectivity index (χ4v) is 2.13. The molecular weight excluding hydrogens is 285 g/mol. The molecule has 0 saturated heterocycles. The second-order valence-corrected chi connectivity index (χ2v) is 4.72. The Hall–Kier alpha value is -3.02. The summed E-state index contributed by atoms with van der Waals surface area (Å²) in [5.41, 5.74) is 0.335. The van der Waals surface area contributed by atoms with Crippen molar-refractivity contribution in [1.29, 1.82) is 0 Å². The number of anilines is 1. The number of amides is 1. The van der Waals surface area contributed by atoms with Crippen molar-refractivity contribution >= 4 is 22.5 Å². The fraction of sp³-hybridized carbons (Fsp3) is 0.0625. The molecule has 0 atom stereocenters. The van der Waals surface area contributed by atoms with E-state index in [-0.39, 0.29) is 17.8 Å². The van der Waals surface area contributed by atoms with Gasteiger partial charge in [0, 0.05) is 0 Å². The van der Waals surface area contributed by atoms with Gasteiger partial charge in [-0.05, 0) is 24.3 Å². The summed E-state index contributed by atoms with van der Waals surface area (Å²) in [6, 6.07) is 12.7. The Labute approximate surface area is 125 Å². The van der Waals surface area contributed by atoms with Crippen LogP contribution in [0.25, 0.3) is 10.9 Å². The summed E-state index contributed by atoms with van der Waals surface area (Å²) in [6.07, 6.45) is 1.31. The average Bonchev–Trinajstić information content (AvgIpc) is 2.53. The van der Waals surface area contributed by atoms with Gasteiger partial charge in [0.2, 0.25) is 5.91 Å². The smallest absolute Gasteiger partial charge is 0.261 e. The number of benzene rings is 2. The Kier molecular flexibility index (Phi) is 3.65. The first kappa shape index (κ1) is 13.9. The molecule has 1 aromatic heterocycles. The molecule has 22 heavy (non-hydrogen) atoms. The number of fused-ring (bicyclic) bond motifs is 1. The van der Waals surface area contributed by atoms with Gasteiger partial charge >= 0.3 is 0 Å². The van der Waals surface area contributed by atoms with Gasteiger partial charge in [-0.3, -0.25) is 14.2 Å². The summed E-state index contributed by atoms with van der Waals surface area (Å²) < 4.78 is 14.7. The zero-order chi connectivity index (χ0) is 15.5. The number of nitrogens with one attached hydrogen (secondary N) is 1. The zero-order valence-electron chi connectivity index (χ0n) is 11.5. The second-order valence-electron chi connectivity index (χ2n) is 4.72. The van der Waals surface area contributed by atoms with E-state index in [0.717, 1.165) is 0 Å². The highest BCUT2D eigenvalue weighted by atomic mass is 19.1. The quantitative estimate of drug-likeness (QED) is 0.806. The van der Waals surface area contributed by atoms with E-state index in [1.165, 1.54) is 29.1 Å². The molecule has 110 valence electrons. The summed E-state index contributed by atoms with van der Waals surface area (Å²) in [5.74, 6) is -1.02. The van der Waals surface area contributed by atoms with Crippen molar-refractivity contribution in [2.45, 2.75) is 6.54 Å². The lowest BCUT2D eigenvalue weighted by atomic mass is 10.2. The number of hydrogen-bond donors (Lipinski definition) is 1. The monoisotopic (exact) mass is 297 g/mol. The molecule has 1 amide bonds. The van der Waals surface area contributed by atoms with Crippen LogP contribution in [-0.2, 0) is 11.3 Å². The molecule has 6 heteroatoms. The van der Waals surface area contributed by atoms with E-state index < -0.39 is 11.7 Å². The number of hydrogen-bond acceptors (Lipinski definition) is 3. The maximum atomic E-state index is 13.5. The summed E-state index contributed by atoms with van der Waals surface area (Å²) in [7, 11) is 0. The van der Waals surface area contributed by atoms with Crippen LogP contribution >= 0.6 is 0 Å². The van der Waals surface area contributed by atoms with Gasteiger partial charge in [-0.15, -0.1) is 0 Å². The highest BCUT2D eigenvalue weighted by Gasteiger charge is 2.09. The minimum absolute atomic E-state index is 0.0781.